The van der Waals surface area contributed by atoms with Gasteiger partial charge in [0.2, 0.25) is 11.8 Å². The number of rotatable bonds is 4. The molecule has 5 nitrogen and oxygen atoms in total. The topological polar surface area (TPSA) is 49.9 Å². The van der Waals surface area contributed by atoms with Gasteiger partial charge in [0.25, 0.3) is 0 Å². The molecular weight excluding hydrogens is 244 g/mol. The number of likely N-dealkylation sites (tertiary alicyclic amines) is 2. The van der Waals surface area contributed by atoms with Crippen molar-refractivity contribution in [3.05, 3.63) is 0 Å². The second-order valence-corrected chi connectivity index (χ2v) is 5.40. The van der Waals surface area contributed by atoms with Crippen molar-refractivity contribution in [1.29, 1.82) is 0 Å². The first-order chi connectivity index (χ1) is 9.27. The van der Waals surface area contributed by atoms with Crippen LogP contribution in [-0.4, -0.2) is 48.2 Å². The van der Waals surface area contributed by atoms with E-state index in [-0.39, 0.29) is 11.8 Å². The Morgan fingerprint density at radius 2 is 1.21 bits per heavy atom. The Morgan fingerprint density at radius 3 is 1.68 bits per heavy atom. The molecule has 0 spiro atoms. The summed E-state index contributed by atoms with van der Waals surface area (Å²) in [6.45, 7) is 2.21. The van der Waals surface area contributed by atoms with Crippen LogP contribution in [0.15, 0.2) is 0 Å². The van der Waals surface area contributed by atoms with E-state index in [1.165, 1.54) is 0 Å². The lowest BCUT2D eigenvalue weighted by molar-refractivity contribution is -0.143. The zero-order valence-electron chi connectivity index (χ0n) is 11.6. The quantitative estimate of drug-likeness (QED) is 0.780. The predicted octanol–water partition coefficient (Wildman–Crippen LogP) is 1.72. The third-order valence-corrected chi connectivity index (χ3v) is 3.84. The molecule has 0 atom stereocenters. The predicted molar refractivity (Wildman–Crippen MR) is 71.2 cm³/mol. The minimum atomic E-state index is 0.180. The Kier molecular flexibility index (Phi) is 5.63. The average Bonchev–Trinajstić information content (AvgIpc) is 2.72. The molecule has 0 unspecified atom stereocenters. The van der Waals surface area contributed by atoms with Crippen molar-refractivity contribution >= 4 is 11.8 Å². The van der Waals surface area contributed by atoms with Crippen LogP contribution in [0.2, 0.25) is 0 Å². The molecule has 0 aliphatic carbocycles. The smallest absolute Gasteiger partial charge is 0.224 e. The molecule has 0 radical (unpaired) electrons. The summed E-state index contributed by atoms with van der Waals surface area (Å²) in [7, 11) is 0. The molecular formula is C14H24N2O3. The fourth-order valence-corrected chi connectivity index (χ4v) is 2.61. The van der Waals surface area contributed by atoms with E-state index in [2.05, 4.69) is 0 Å². The van der Waals surface area contributed by atoms with Crippen LogP contribution in [0.25, 0.3) is 0 Å². The molecule has 2 aliphatic rings. The minimum absolute atomic E-state index is 0.180. The lowest BCUT2D eigenvalue weighted by atomic mass is 10.2. The van der Waals surface area contributed by atoms with Gasteiger partial charge in [-0.05, 0) is 25.7 Å². The number of hydrogen-bond donors (Lipinski definition) is 0. The highest BCUT2D eigenvalue weighted by atomic mass is 16.5. The molecule has 2 heterocycles. The van der Waals surface area contributed by atoms with E-state index in [1.807, 2.05) is 0 Å². The Balaban J connectivity index is 1.72. The molecule has 0 saturated carbocycles. The third kappa shape index (κ3) is 4.49. The normalized spacial score (nSPS) is 22.3. The van der Waals surface area contributed by atoms with Crippen LogP contribution in [0.4, 0.5) is 0 Å². The first-order valence-corrected chi connectivity index (χ1v) is 7.40. The Morgan fingerprint density at radius 1 is 0.737 bits per heavy atom. The maximum Gasteiger partial charge on any atom is 0.224 e. The van der Waals surface area contributed by atoms with Gasteiger partial charge in [-0.25, -0.2) is 0 Å². The van der Waals surface area contributed by atoms with Crippen molar-refractivity contribution in [1.82, 2.24) is 9.80 Å². The summed E-state index contributed by atoms with van der Waals surface area (Å²) in [6, 6.07) is 0. The van der Waals surface area contributed by atoms with E-state index < -0.39 is 0 Å². The number of hydrogen-bond acceptors (Lipinski definition) is 3. The molecule has 5 heteroatoms. The summed E-state index contributed by atoms with van der Waals surface area (Å²) < 4.78 is 5.57. The van der Waals surface area contributed by atoms with Gasteiger partial charge in [-0.3, -0.25) is 9.59 Å². The van der Waals surface area contributed by atoms with Crippen LogP contribution in [0.5, 0.6) is 0 Å². The van der Waals surface area contributed by atoms with Gasteiger partial charge in [0.05, 0.1) is 0 Å². The average molecular weight is 268 g/mol. The molecule has 0 aromatic heterocycles. The first kappa shape index (κ1) is 14.3. The monoisotopic (exact) mass is 268 g/mol. The maximum atomic E-state index is 11.8. The molecule has 2 saturated heterocycles. The van der Waals surface area contributed by atoms with Crippen LogP contribution >= 0.6 is 0 Å². The Labute approximate surface area is 114 Å². The second kappa shape index (κ2) is 7.48. The summed E-state index contributed by atoms with van der Waals surface area (Å²) in [5.41, 5.74) is 0. The largest absolute Gasteiger partial charge is 0.341 e. The summed E-state index contributed by atoms with van der Waals surface area (Å²) >= 11 is 0. The number of carbonyl (C=O) groups excluding carboxylic acids is 2. The summed E-state index contributed by atoms with van der Waals surface area (Å²) in [5, 5.41) is 0. The number of amides is 2. The second-order valence-electron chi connectivity index (χ2n) is 5.40. The number of ether oxygens (including phenoxy) is 1. The van der Waals surface area contributed by atoms with Crippen molar-refractivity contribution in [2.24, 2.45) is 0 Å². The standard InChI is InChI=1S/C14H24N2O3/c17-13-7-3-1-5-9-15(13)11-19-12-16-10-6-2-4-8-14(16)18/h1-12H2. The molecule has 2 amide bonds. The van der Waals surface area contributed by atoms with Gasteiger partial charge in [0.15, 0.2) is 0 Å². The van der Waals surface area contributed by atoms with E-state index in [1.54, 1.807) is 9.80 Å². The zero-order valence-corrected chi connectivity index (χ0v) is 11.6. The van der Waals surface area contributed by atoms with E-state index in [0.29, 0.717) is 26.3 Å². The minimum Gasteiger partial charge on any atom is -0.341 e. The fourth-order valence-electron chi connectivity index (χ4n) is 2.61. The van der Waals surface area contributed by atoms with Crippen LogP contribution in [0.1, 0.15) is 51.4 Å². The van der Waals surface area contributed by atoms with Crippen molar-refractivity contribution in [3.8, 4) is 0 Å². The van der Waals surface area contributed by atoms with Gasteiger partial charge in [-0.2, -0.15) is 0 Å². The van der Waals surface area contributed by atoms with Gasteiger partial charge in [-0.1, -0.05) is 12.8 Å². The summed E-state index contributed by atoms with van der Waals surface area (Å²) in [6.07, 6.45) is 7.58. The molecule has 0 N–H and O–H groups in total. The molecule has 0 aromatic rings. The summed E-state index contributed by atoms with van der Waals surface area (Å²) in [5.74, 6) is 0.361. The lowest BCUT2D eigenvalue weighted by Crippen LogP contribution is -2.37. The van der Waals surface area contributed by atoms with Crippen molar-refractivity contribution in [3.63, 3.8) is 0 Å². The van der Waals surface area contributed by atoms with Crippen LogP contribution in [0, 0.1) is 0 Å². The molecule has 2 fully saturated rings. The van der Waals surface area contributed by atoms with Crippen molar-refractivity contribution in [2.45, 2.75) is 51.4 Å². The first-order valence-electron chi connectivity index (χ1n) is 7.40. The SMILES string of the molecule is O=C1CCCCCN1COCN1CCCCCC1=O. The van der Waals surface area contributed by atoms with Gasteiger partial charge < -0.3 is 14.5 Å². The van der Waals surface area contributed by atoms with E-state index in [0.717, 1.165) is 51.6 Å². The van der Waals surface area contributed by atoms with Gasteiger partial charge in [0, 0.05) is 25.9 Å². The Hall–Kier alpha value is -1.10. The van der Waals surface area contributed by atoms with Crippen molar-refractivity contribution in [2.75, 3.05) is 26.6 Å². The van der Waals surface area contributed by atoms with Crippen LogP contribution < -0.4 is 0 Å². The maximum absolute atomic E-state index is 11.8. The number of carbonyl (C=O) groups is 2. The highest BCUT2D eigenvalue weighted by Crippen LogP contribution is 2.13. The van der Waals surface area contributed by atoms with Gasteiger partial charge in [-0.15, -0.1) is 0 Å². The van der Waals surface area contributed by atoms with E-state index in [4.69, 9.17) is 4.74 Å². The molecule has 2 aliphatic heterocycles. The third-order valence-electron chi connectivity index (χ3n) is 3.84. The molecule has 2 rings (SSSR count). The highest BCUT2D eigenvalue weighted by molar-refractivity contribution is 5.76. The van der Waals surface area contributed by atoms with Crippen LogP contribution in [-0.2, 0) is 14.3 Å². The lowest BCUT2D eigenvalue weighted by Gasteiger charge is -2.24. The number of nitrogens with zero attached hydrogens (tertiary/aromatic N) is 2. The highest BCUT2D eigenvalue weighted by Gasteiger charge is 2.19. The fraction of sp³-hybridized carbons (Fsp3) is 0.857. The molecule has 108 valence electrons. The molecule has 0 bridgehead atoms. The van der Waals surface area contributed by atoms with Crippen LogP contribution in [0.3, 0.4) is 0 Å². The Bertz CT molecular complexity index is 290. The molecule has 19 heavy (non-hydrogen) atoms. The van der Waals surface area contributed by atoms with Crippen molar-refractivity contribution < 1.29 is 14.3 Å². The zero-order chi connectivity index (χ0) is 13.5. The summed E-state index contributed by atoms with van der Waals surface area (Å²) in [4.78, 5) is 27.1. The van der Waals surface area contributed by atoms with E-state index >= 15 is 0 Å². The van der Waals surface area contributed by atoms with Gasteiger partial charge in [0.1, 0.15) is 13.5 Å². The van der Waals surface area contributed by atoms with Gasteiger partial charge >= 0.3 is 0 Å². The van der Waals surface area contributed by atoms with E-state index in [9.17, 15) is 9.59 Å². The molecule has 0 aromatic carbocycles.